The lowest BCUT2D eigenvalue weighted by atomic mass is 9.47. The van der Waals surface area contributed by atoms with Crippen molar-refractivity contribution in [2.45, 2.75) is 155 Å². The van der Waals surface area contributed by atoms with Gasteiger partial charge in [-0.1, -0.05) is 25.5 Å². The second-order valence-corrected chi connectivity index (χ2v) is 35.7. The van der Waals surface area contributed by atoms with Crippen LogP contribution < -0.4 is 0 Å². The van der Waals surface area contributed by atoms with E-state index in [9.17, 15) is 0 Å². The zero-order valence-corrected chi connectivity index (χ0v) is 32.0. The van der Waals surface area contributed by atoms with Crippen molar-refractivity contribution in [1.82, 2.24) is 0 Å². The predicted molar refractivity (Wildman–Crippen MR) is 175 cm³/mol. The summed E-state index contributed by atoms with van der Waals surface area (Å²) in [5.41, 5.74) is 2.09. The maximum Gasteiger partial charge on any atom is 0.184 e. The summed E-state index contributed by atoms with van der Waals surface area (Å²) < 4.78 is 28.2. The van der Waals surface area contributed by atoms with Gasteiger partial charge in [0.15, 0.2) is 33.3 Å². The van der Waals surface area contributed by atoms with E-state index in [4.69, 9.17) is 17.7 Å². The van der Waals surface area contributed by atoms with Crippen molar-refractivity contribution in [3.63, 3.8) is 0 Å². The molecule has 4 rings (SSSR count). The molecule has 4 nitrogen and oxygen atoms in total. The lowest BCUT2D eigenvalue weighted by molar-refractivity contribution is -0.0841. The Bertz CT molecular complexity index is 927. The fourth-order valence-corrected chi connectivity index (χ4v) is 13.4. The fraction of sp³-hybridized carbons (Fsp3) is 0.935. The van der Waals surface area contributed by atoms with Crippen molar-refractivity contribution in [1.29, 1.82) is 0 Å². The van der Waals surface area contributed by atoms with Crippen LogP contribution in [-0.4, -0.2) is 57.7 Å². The highest BCUT2D eigenvalue weighted by atomic mass is 28.4. The van der Waals surface area contributed by atoms with Crippen molar-refractivity contribution in [3.8, 4) is 0 Å². The Kier molecular flexibility index (Phi) is 8.76. The zero-order valence-electron chi connectivity index (χ0n) is 28.0. The summed E-state index contributed by atoms with van der Waals surface area (Å²) in [5, 5.41) is 0. The highest BCUT2D eigenvalue weighted by molar-refractivity contribution is 6.71. The number of fused-ring (bicyclic) bond motifs is 5. The summed E-state index contributed by atoms with van der Waals surface area (Å²) in [6.07, 6.45) is 10.7. The van der Waals surface area contributed by atoms with E-state index in [-0.39, 0.29) is 23.7 Å². The molecule has 0 aromatic rings. The summed E-state index contributed by atoms with van der Waals surface area (Å²) >= 11 is 0. The van der Waals surface area contributed by atoms with Crippen LogP contribution in [0.1, 0.15) is 52.4 Å². The molecule has 4 aliphatic rings. The van der Waals surface area contributed by atoms with Crippen molar-refractivity contribution in [3.05, 3.63) is 11.6 Å². The SMILES string of the molecule is C[C@]12CC[C@H](O[Si](C)(C)C)CC1=CCC1C2CC[C@@]2(C)C1[C@@H](O[Si](C)(C)C)[C@H](O[Si](C)(C)C)[C@@H]2O[Si](C)(C)C. The summed E-state index contributed by atoms with van der Waals surface area (Å²) in [6.45, 7) is 33.4. The van der Waals surface area contributed by atoms with Crippen LogP contribution in [0.5, 0.6) is 0 Å². The summed E-state index contributed by atoms with van der Waals surface area (Å²) in [7, 11) is -6.97. The molecule has 0 heterocycles. The molecule has 0 aromatic carbocycles. The van der Waals surface area contributed by atoms with Crippen molar-refractivity contribution in [2.75, 3.05) is 0 Å². The molecule has 4 aliphatic carbocycles. The number of hydrogen-bond donors (Lipinski definition) is 0. The molecular weight excluding hydrogens is 549 g/mol. The monoisotopic (exact) mass is 610 g/mol. The lowest BCUT2D eigenvalue weighted by Crippen LogP contribution is -2.54. The van der Waals surface area contributed by atoms with Gasteiger partial charge in [0.25, 0.3) is 0 Å². The highest BCUT2D eigenvalue weighted by Gasteiger charge is 2.67. The molecule has 0 bridgehead atoms. The van der Waals surface area contributed by atoms with Crippen LogP contribution >= 0.6 is 0 Å². The first-order chi connectivity index (χ1) is 17.5. The van der Waals surface area contributed by atoms with E-state index in [0.717, 1.165) is 6.42 Å². The van der Waals surface area contributed by atoms with E-state index in [0.29, 0.717) is 29.3 Å². The Morgan fingerprint density at radius 1 is 0.667 bits per heavy atom. The van der Waals surface area contributed by atoms with E-state index in [1.54, 1.807) is 5.57 Å². The standard InChI is InChI=1S/C31H62O4Si4/c1-30-19-17-23(32-36(3,4)5)21-22(30)15-16-24-25(30)18-20-31(2)26(24)27(33-37(6,7)8)28(34-38(9,10)11)29(31)35-39(12,13)14/h15,23-29H,16-21H2,1-14H3/t23-,24?,25?,26?,27+,28-,29-,30-,31-/m0/s1. The third-order valence-electron chi connectivity index (χ3n) is 9.96. The Labute approximate surface area is 245 Å². The van der Waals surface area contributed by atoms with Crippen LogP contribution in [0.3, 0.4) is 0 Å². The molecule has 9 atom stereocenters. The maximum absolute atomic E-state index is 7.26. The molecule has 0 saturated heterocycles. The molecule has 0 N–H and O–H groups in total. The molecule has 3 fully saturated rings. The van der Waals surface area contributed by atoms with E-state index in [1.165, 1.54) is 32.1 Å². The van der Waals surface area contributed by atoms with Crippen molar-refractivity contribution in [2.24, 2.45) is 28.6 Å². The number of hydrogen-bond acceptors (Lipinski definition) is 4. The molecule has 0 spiro atoms. The van der Waals surface area contributed by atoms with Crippen LogP contribution in [0.4, 0.5) is 0 Å². The molecule has 39 heavy (non-hydrogen) atoms. The highest BCUT2D eigenvalue weighted by Crippen LogP contribution is 2.66. The Balaban J connectivity index is 1.74. The molecule has 226 valence electrons. The molecular formula is C31H62O4Si4. The van der Waals surface area contributed by atoms with Gasteiger partial charge in [0.05, 0.1) is 18.3 Å². The van der Waals surface area contributed by atoms with Gasteiger partial charge < -0.3 is 17.7 Å². The molecule has 0 amide bonds. The average molecular weight is 611 g/mol. The molecule has 0 aliphatic heterocycles. The van der Waals surface area contributed by atoms with Crippen LogP contribution in [0, 0.1) is 28.6 Å². The third kappa shape index (κ3) is 7.00. The first-order valence-electron chi connectivity index (χ1n) is 15.9. The minimum atomic E-state index is -1.82. The zero-order chi connectivity index (χ0) is 29.4. The fourth-order valence-electron chi connectivity index (χ4n) is 8.88. The average Bonchev–Trinajstić information content (AvgIpc) is 2.91. The van der Waals surface area contributed by atoms with Gasteiger partial charge in [0.2, 0.25) is 0 Å². The Morgan fingerprint density at radius 3 is 1.74 bits per heavy atom. The van der Waals surface area contributed by atoms with Gasteiger partial charge in [-0.15, -0.1) is 0 Å². The smallest absolute Gasteiger partial charge is 0.184 e. The Morgan fingerprint density at radius 2 is 1.21 bits per heavy atom. The van der Waals surface area contributed by atoms with E-state index >= 15 is 0 Å². The maximum atomic E-state index is 7.26. The summed E-state index contributed by atoms with van der Waals surface area (Å²) in [5.74, 6) is 1.84. The predicted octanol–water partition coefficient (Wildman–Crippen LogP) is 9.05. The number of rotatable bonds is 8. The minimum absolute atomic E-state index is 0.0444. The largest absolute Gasteiger partial charge is 0.414 e. The van der Waals surface area contributed by atoms with E-state index in [2.05, 4.69) is 98.5 Å². The quantitative estimate of drug-likeness (QED) is 0.203. The minimum Gasteiger partial charge on any atom is -0.414 e. The molecule has 3 saturated carbocycles. The van der Waals surface area contributed by atoms with Crippen LogP contribution in [0.2, 0.25) is 78.6 Å². The lowest BCUT2D eigenvalue weighted by Gasteiger charge is -2.59. The number of allylic oxidation sites excluding steroid dienone is 1. The van der Waals surface area contributed by atoms with Crippen LogP contribution in [-0.2, 0) is 17.7 Å². The third-order valence-corrected chi connectivity index (χ3v) is 13.9. The van der Waals surface area contributed by atoms with Crippen LogP contribution in [0.25, 0.3) is 0 Å². The molecule has 8 heteroatoms. The van der Waals surface area contributed by atoms with Crippen molar-refractivity contribution < 1.29 is 17.7 Å². The normalized spacial score (nSPS) is 41.5. The summed E-state index contributed by atoms with van der Waals surface area (Å²) in [4.78, 5) is 0. The molecule has 0 radical (unpaired) electrons. The summed E-state index contributed by atoms with van der Waals surface area (Å²) in [6, 6.07) is 0. The van der Waals surface area contributed by atoms with Crippen molar-refractivity contribution >= 4 is 33.3 Å². The van der Waals surface area contributed by atoms with Gasteiger partial charge >= 0.3 is 0 Å². The molecule has 0 aromatic heterocycles. The first kappa shape index (κ1) is 32.4. The van der Waals surface area contributed by atoms with Gasteiger partial charge in [-0.25, -0.2) is 0 Å². The topological polar surface area (TPSA) is 36.9 Å². The Hall–Kier alpha value is 0.448. The second kappa shape index (κ2) is 10.6. The van der Waals surface area contributed by atoms with Gasteiger partial charge in [-0.3, -0.25) is 0 Å². The van der Waals surface area contributed by atoms with Gasteiger partial charge in [0.1, 0.15) is 0 Å². The van der Waals surface area contributed by atoms with Crippen LogP contribution in [0.15, 0.2) is 11.6 Å². The van der Waals surface area contributed by atoms with Gasteiger partial charge in [-0.05, 0) is 140 Å². The van der Waals surface area contributed by atoms with E-state index < -0.39 is 33.3 Å². The van der Waals surface area contributed by atoms with Gasteiger partial charge in [0, 0.05) is 11.5 Å². The van der Waals surface area contributed by atoms with Gasteiger partial charge in [-0.2, -0.15) is 0 Å². The molecule has 3 unspecified atom stereocenters. The second-order valence-electron chi connectivity index (χ2n) is 17.9. The first-order valence-corrected chi connectivity index (χ1v) is 29.6. The van der Waals surface area contributed by atoms with E-state index in [1.807, 2.05) is 0 Å².